The zero-order chi connectivity index (χ0) is 16.9. The van der Waals surface area contributed by atoms with Crippen LogP contribution in [-0.4, -0.2) is 18.6 Å². The normalized spacial score (nSPS) is 11.9. The number of amides is 2. The predicted molar refractivity (Wildman–Crippen MR) is 90.5 cm³/mol. The zero-order valence-electron chi connectivity index (χ0n) is 13.3. The molecule has 0 fully saturated rings. The van der Waals surface area contributed by atoms with E-state index in [4.69, 9.17) is 9.47 Å². The summed E-state index contributed by atoms with van der Waals surface area (Å²) < 4.78 is 10.5. The third-order valence-corrected chi connectivity index (χ3v) is 3.54. The number of ether oxygens (including phenoxy) is 2. The van der Waals surface area contributed by atoms with Gasteiger partial charge < -0.3 is 20.1 Å². The lowest BCUT2D eigenvalue weighted by Crippen LogP contribution is -2.12. The molecule has 0 aromatic heterocycles. The molecule has 6 nitrogen and oxygen atoms in total. The van der Waals surface area contributed by atoms with Gasteiger partial charge in [-0.25, -0.2) is 0 Å². The van der Waals surface area contributed by atoms with Crippen LogP contribution in [0.1, 0.15) is 30.1 Å². The Morgan fingerprint density at radius 3 is 2.33 bits per heavy atom. The van der Waals surface area contributed by atoms with Crippen molar-refractivity contribution in [3.8, 4) is 11.5 Å². The van der Waals surface area contributed by atoms with Crippen LogP contribution in [0.3, 0.4) is 0 Å². The molecule has 2 N–H and O–H groups in total. The molecule has 0 bridgehead atoms. The van der Waals surface area contributed by atoms with E-state index in [1.807, 2.05) is 6.92 Å². The van der Waals surface area contributed by atoms with Crippen molar-refractivity contribution < 1.29 is 19.1 Å². The summed E-state index contributed by atoms with van der Waals surface area (Å²) in [5, 5.41) is 5.61. The third-order valence-electron chi connectivity index (χ3n) is 3.54. The molecule has 0 saturated carbocycles. The summed E-state index contributed by atoms with van der Waals surface area (Å²) in [5.41, 5.74) is 1.83. The van der Waals surface area contributed by atoms with Crippen molar-refractivity contribution in [3.05, 3.63) is 48.0 Å². The smallest absolute Gasteiger partial charge is 0.255 e. The van der Waals surface area contributed by atoms with Crippen molar-refractivity contribution in [2.75, 3.05) is 17.4 Å². The standard InChI is InChI=1S/C18H18N2O4/c1-2-3-17(21)19-13-5-7-14(8-6-13)20-18(22)12-4-9-15-16(10-12)24-11-23-15/h4-10H,2-3,11H2,1H3,(H,19,21)(H,20,22). The van der Waals surface area contributed by atoms with E-state index in [2.05, 4.69) is 10.6 Å². The maximum atomic E-state index is 12.3. The van der Waals surface area contributed by atoms with Gasteiger partial charge in [-0.3, -0.25) is 9.59 Å². The number of rotatable bonds is 5. The fourth-order valence-electron chi connectivity index (χ4n) is 2.33. The van der Waals surface area contributed by atoms with E-state index in [1.54, 1.807) is 42.5 Å². The molecular formula is C18H18N2O4. The second-order valence-electron chi connectivity index (χ2n) is 5.40. The van der Waals surface area contributed by atoms with Gasteiger partial charge in [-0.15, -0.1) is 0 Å². The summed E-state index contributed by atoms with van der Waals surface area (Å²) in [7, 11) is 0. The van der Waals surface area contributed by atoms with Gasteiger partial charge in [-0.1, -0.05) is 6.92 Å². The molecule has 0 radical (unpaired) electrons. The predicted octanol–water partition coefficient (Wildman–Crippen LogP) is 3.41. The highest BCUT2D eigenvalue weighted by atomic mass is 16.7. The van der Waals surface area contributed by atoms with E-state index in [-0.39, 0.29) is 18.6 Å². The van der Waals surface area contributed by atoms with Gasteiger partial charge in [-0.05, 0) is 48.9 Å². The first kappa shape index (κ1) is 15.9. The van der Waals surface area contributed by atoms with Crippen LogP contribution in [0.2, 0.25) is 0 Å². The Kier molecular flexibility index (Phi) is 4.65. The molecule has 0 spiro atoms. The fourth-order valence-corrected chi connectivity index (χ4v) is 2.33. The van der Waals surface area contributed by atoms with Crippen molar-refractivity contribution >= 4 is 23.2 Å². The molecule has 0 unspecified atom stereocenters. The average molecular weight is 326 g/mol. The van der Waals surface area contributed by atoms with Gasteiger partial charge in [0.15, 0.2) is 11.5 Å². The quantitative estimate of drug-likeness (QED) is 0.883. The van der Waals surface area contributed by atoms with Gasteiger partial charge in [0, 0.05) is 23.4 Å². The van der Waals surface area contributed by atoms with Crippen LogP contribution < -0.4 is 20.1 Å². The highest BCUT2D eigenvalue weighted by Gasteiger charge is 2.16. The maximum absolute atomic E-state index is 12.3. The lowest BCUT2D eigenvalue weighted by atomic mass is 10.2. The van der Waals surface area contributed by atoms with Crippen LogP contribution in [0, 0.1) is 0 Å². The second kappa shape index (κ2) is 7.04. The fraction of sp³-hybridized carbons (Fsp3) is 0.222. The van der Waals surface area contributed by atoms with Gasteiger partial charge >= 0.3 is 0 Å². The zero-order valence-corrected chi connectivity index (χ0v) is 13.3. The van der Waals surface area contributed by atoms with Crippen LogP contribution in [0.5, 0.6) is 11.5 Å². The average Bonchev–Trinajstić information content (AvgIpc) is 3.04. The molecule has 2 aromatic carbocycles. The van der Waals surface area contributed by atoms with Gasteiger partial charge in [0.1, 0.15) is 0 Å². The minimum absolute atomic E-state index is 0.0188. The Labute approximate surface area is 139 Å². The number of benzene rings is 2. The lowest BCUT2D eigenvalue weighted by Gasteiger charge is -2.08. The minimum atomic E-state index is -0.240. The Morgan fingerprint density at radius 1 is 0.958 bits per heavy atom. The first-order chi connectivity index (χ1) is 11.7. The summed E-state index contributed by atoms with van der Waals surface area (Å²) >= 11 is 0. The molecule has 2 aromatic rings. The van der Waals surface area contributed by atoms with Gasteiger partial charge in [0.2, 0.25) is 12.7 Å². The molecule has 2 amide bonds. The molecular weight excluding hydrogens is 308 g/mol. The van der Waals surface area contributed by atoms with Crippen LogP contribution in [0.25, 0.3) is 0 Å². The Bertz CT molecular complexity index is 756. The number of hydrogen-bond acceptors (Lipinski definition) is 4. The molecule has 1 aliphatic rings. The second-order valence-corrected chi connectivity index (χ2v) is 5.40. The van der Waals surface area contributed by atoms with Crippen molar-refractivity contribution in [3.63, 3.8) is 0 Å². The molecule has 3 rings (SSSR count). The first-order valence-corrected chi connectivity index (χ1v) is 7.76. The van der Waals surface area contributed by atoms with E-state index in [1.165, 1.54) is 0 Å². The van der Waals surface area contributed by atoms with E-state index in [0.717, 1.165) is 6.42 Å². The van der Waals surface area contributed by atoms with Gasteiger partial charge in [0.05, 0.1) is 0 Å². The number of fused-ring (bicyclic) bond motifs is 1. The Morgan fingerprint density at radius 2 is 1.62 bits per heavy atom. The van der Waals surface area contributed by atoms with E-state index in [0.29, 0.717) is 34.9 Å². The maximum Gasteiger partial charge on any atom is 0.255 e. The molecule has 1 aliphatic heterocycles. The number of anilines is 2. The van der Waals surface area contributed by atoms with E-state index in [9.17, 15) is 9.59 Å². The molecule has 6 heteroatoms. The summed E-state index contributed by atoms with van der Waals surface area (Å²) in [5.74, 6) is 0.945. The highest BCUT2D eigenvalue weighted by Crippen LogP contribution is 2.32. The number of nitrogens with one attached hydrogen (secondary N) is 2. The summed E-state index contributed by atoms with van der Waals surface area (Å²) in [6, 6.07) is 12.0. The number of carbonyl (C=O) groups is 2. The molecule has 0 saturated heterocycles. The monoisotopic (exact) mass is 326 g/mol. The molecule has 1 heterocycles. The number of hydrogen-bond donors (Lipinski definition) is 2. The first-order valence-electron chi connectivity index (χ1n) is 7.76. The van der Waals surface area contributed by atoms with Crippen LogP contribution >= 0.6 is 0 Å². The van der Waals surface area contributed by atoms with Crippen molar-refractivity contribution in [1.82, 2.24) is 0 Å². The van der Waals surface area contributed by atoms with E-state index < -0.39 is 0 Å². The molecule has 124 valence electrons. The molecule has 0 atom stereocenters. The van der Waals surface area contributed by atoms with Crippen LogP contribution in [0.15, 0.2) is 42.5 Å². The summed E-state index contributed by atoms with van der Waals surface area (Å²) in [6.45, 7) is 2.12. The van der Waals surface area contributed by atoms with E-state index >= 15 is 0 Å². The Balaban J connectivity index is 1.63. The number of carbonyl (C=O) groups excluding carboxylic acids is 2. The lowest BCUT2D eigenvalue weighted by molar-refractivity contribution is -0.116. The van der Waals surface area contributed by atoms with Gasteiger partial charge in [0.25, 0.3) is 5.91 Å². The van der Waals surface area contributed by atoms with Gasteiger partial charge in [-0.2, -0.15) is 0 Å². The highest BCUT2D eigenvalue weighted by molar-refractivity contribution is 6.04. The minimum Gasteiger partial charge on any atom is -0.454 e. The Hall–Kier alpha value is -3.02. The topological polar surface area (TPSA) is 76.7 Å². The summed E-state index contributed by atoms with van der Waals surface area (Å²) in [6.07, 6.45) is 1.29. The van der Waals surface area contributed by atoms with Crippen molar-refractivity contribution in [2.24, 2.45) is 0 Å². The molecule has 0 aliphatic carbocycles. The van der Waals surface area contributed by atoms with Crippen LogP contribution in [0.4, 0.5) is 11.4 Å². The third kappa shape index (κ3) is 3.65. The van der Waals surface area contributed by atoms with Crippen LogP contribution in [-0.2, 0) is 4.79 Å². The largest absolute Gasteiger partial charge is 0.454 e. The summed E-state index contributed by atoms with van der Waals surface area (Å²) in [4.78, 5) is 23.8. The molecule has 24 heavy (non-hydrogen) atoms. The SMILES string of the molecule is CCCC(=O)Nc1ccc(NC(=O)c2ccc3c(c2)OCO3)cc1. The van der Waals surface area contributed by atoms with Crippen molar-refractivity contribution in [1.29, 1.82) is 0 Å². The van der Waals surface area contributed by atoms with Crippen molar-refractivity contribution in [2.45, 2.75) is 19.8 Å².